The van der Waals surface area contributed by atoms with Crippen molar-refractivity contribution in [3.8, 4) is 0 Å². The Bertz CT molecular complexity index is 898. The van der Waals surface area contributed by atoms with Gasteiger partial charge >= 0.3 is 12.2 Å². The third-order valence-corrected chi connectivity index (χ3v) is 4.94. The quantitative estimate of drug-likeness (QED) is 0.589. The molecule has 1 heterocycles. The summed E-state index contributed by atoms with van der Waals surface area (Å²) in [4.78, 5) is 26.0. The molecule has 1 N–H and O–H groups in total. The van der Waals surface area contributed by atoms with Gasteiger partial charge < -0.3 is 15.1 Å². The Hall–Kier alpha value is -3.30. The van der Waals surface area contributed by atoms with Crippen molar-refractivity contribution in [1.29, 1.82) is 0 Å². The Morgan fingerprint density at radius 2 is 1.73 bits per heavy atom. The molecule has 1 fully saturated rings. The van der Waals surface area contributed by atoms with Crippen LogP contribution in [0.1, 0.15) is 11.1 Å². The molecule has 10 heteroatoms. The normalized spacial score (nSPS) is 14.5. The Morgan fingerprint density at radius 3 is 2.33 bits per heavy atom. The largest absolute Gasteiger partial charge is 0.416 e. The highest BCUT2D eigenvalue weighted by Crippen LogP contribution is 2.36. The maximum atomic E-state index is 12.9. The third kappa shape index (κ3) is 5.19. The van der Waals surface area contributed by atoms with Crippen LogP contribution in [0, 0.1) is 10.1 Å². The number of nitro benzene ring substituents is 1. The molecule has 0 bridgehead atoms. The minimum Gasteiger partial charge on any atom is -0.362 e. The summed E-state index contributed by atoms with van der Waals surface area (Å²) in [6.45, 7) is 1.69. The number of nitrogens with one attached hydrogen (secondary N) is 1. The minimum atomic E-state index is -4.65. The lowest BCUT2D eigenvalue weighted by Crippen LogP contribution is -2.52. The first-order valence-corrected chi connectivity index (χ1v) is 9.43. The van der Waals surface area contributed by atoms with E-state index in [0.717, 1.165) is 17.7 Å². The molecule has 2 aromatic carbocycles. The number of urea groups is 1. The molecule has 0 aliphatic carbocycles. The van der Waals surface area contributed by atoms with Crippen LogP contribution in [0.2, 0.25) is 0 Å². The van der Waals surface area contributed by atoms with Crippen molar-refractivity contribution in [3.63, 3.8) is 0 Å². The first-order valence-electron chi connectivity index (χ1n) is 9.43. The third-order valence-electron chi connectivity index (χ3n) is 4.94. The van der Waals surface area contributed by atoms with Gasteiger partial charge in [0.15, 0.2) is 0 Å². The van der Waals surface area contributed by atoms with Crippen molar-refractivity contribution < 1.29 is 22.9 Å². The van der Waals surface area contributed by atoms with Crippen LogP contribution in [-0.4, -0.2) is 48.6 Å². The first-order chi connectivity index (χ1) is 14.3. The minimum absolute atomic E-state index is 0.122. The average Bonchev–Trinajstić information content (AvgIpc) is 2.73. The molecule has 1 aliphatic heterocycles. The van der Waals surface area contributed by atoms with Gasteiger partial charge in [-0.1, -0.05) is 30.3 Å². The second-order valence-corrected chi connectivity index (χ2v) is 6.90. The van der Waals surface area contributed by atoms with Crippen LogP contribution in [0.15, 0.2) is 48.5 Å². The van der Waals surface area contributed by atoms with E-state index >= 15 is 0 Å². The van der Waals surface area contributed by atoms with Crippen LogP contribution in [0.25, 0.3) is 0 Å². The van der Waals surface area contributed by atoms with Crippen LogP contribution in [0.4, 0.5) is 29.3 Å². The summed E-state index contributed by atoms with van der Waals surface area (Å²) in [5.41, 5.74) is -0.422. The summed E-state index contributed by atoms with van der Waals surface area (Å²) in [7, 11) is 0. The summed E-state index contributed by atoms with van der Waals surface area (Å²) >= 11 is 0. The van der Waals surface area contributed by atoms with Crippen LogP contribution < -0.4 is 10.2 Å². The Balaban J connectivity index is 1.57. The number of carbonyl (C=O) groups excluding carboxylic acids is 1. The van der Waals surface area contributed by atoms with Gasteiger partial charge in [0.25, 0.3) is 5.69 Å². The van der Waals surface area contributed by atoms with Crippen molar-refractivity contribution >= 4 is 17.4 Å². The molecule has 2 aromatic rings. The van der Waals surface area contributed by atoms with Gasteiger partial charge in [-0.15, -0.1) is 0 Å². The van der Waals surface area contributed by atoms with Gasteiger partial charge in [0, 0.05) is 38.8 Å². The highest BCUT2D eigenvalue weighted by atomic mass is 19.4. The lowest BCUT2D eigenvalue weighted by Gasteiger charge is -2.35. The Labute approximate surface area is 171 Å². The molecule has 3 rings (SSSR count). The summed E-state index contributed by atoms with van der Waals surface area (Å²) < 4.78 is 38.6. The molecular weight excluding hydrogens is 401 g/mol. The molecule has 0 unspecified atom stereocenters. The zero-order chi connectivity index (χ0) is 21.7. The van der Waals surface area contributed by atoms with Gasteiger partial charge in [-0.25, -0.2) is 4.79 Å². The second-order valence-electron chi connectivity index (χ2n) is 6.90. The Kier molecular flexibility index (Phi) is 6.43. The maximum Gasteiger partial charge on any atom is 0.416 e. The number of piperazine rings is 1. The number of benzene rings is 2. The highest BCUT2D eigenvalue weighted by Gasteiger charge is 2.34. The first kappa shape index (κ1) is 21.4. The predicted octanol–water partition coefficient (Wildman–Crippen LogP) is 3.69. The summed E-state index contributed by atoms with van der Waals surface area (Å²) in [6, 6.07) is 12.0. The molecule has 1 aliphatic rings. The van der Waals surface area contributed by atoms with E-state index in [1.165, 1.54) is 0 Å². The SMILES string of the molecule is O=C(NCCc1ccccc1)N1CCN(c2ccc(C(F)(F)F)cc2[N+](=O)[O-])CC1. The molecule has 7 nitrogen and oxygen atoms in total. The standard InChI is InChI=1S/C20H21F3N4O3/c21-20(22,23)16-6-7-17(18(14-16)27(29)30)25-10-12-26(13-11-25)19(28)24-9-8-15-4-2-1-3-5-15/h1-7,14H,8-13H2,(H,24,28). The van der Waals surface area contributed by atoms with Crippen molar-refractivity contribution in [2.75, 3.05) is 37.6 Å². The number of rotatable bonds is 5. The van der Waals surface area contributed by atoms with Crippen molar-refractivity contribution in [2.45, 2.75) is 12.6 Å². The summed E-state index contributed by atoms with van der Waals surface area (Å²) in [6.07, 6.45) is -3.95. The molecular formula is C20H21F3N4O3. The highest BCUT2D eigenvalue weighted by molar-refractivity contribution is 5.75. The van der Waals surface area contributed by atoms with Crippen molar-refractivity contribution in [1.82, 2.24) is 10.2 Å². The molecule has 1 saturated heterocycles. The summed E-state index contributed by atoms with van der Waals surface area (Å²) in [5.74, 6) is 0. The topological polar surface area (TPSA) is 78.7 Å². The summed E-state index contributed by atoms with van der Waals surface area (Å²) in [5, 5.41) is 14.1. The maximum absolute atomic E-state index is 12.9. The number of halogens is 3. The van der Waals surface area contributed by atoms with Crippen LogP contribution in [0.3, 0.4) is 0 Å². The molecule has 0 aromatic heterocycles. The van der Waals surface area contributed by atoms with E-state index < -0.39 is 22.4 Å². The molecule has 30 heavy (non-hydrogen) atoms. The number of amides is 2. The number of nitrogens with zero attached hydrogens (tertiary/aromatic N) is 3. The van der Waals surface area contributed by atoms with Gasteiger partial charge in [-0.05, 0) is 24.1 Å². The van der Waals surface area contributed by atoms with E-state index in [9.17, 15) is 28.1 Å². The van der Waals surface area contributed by atoms with Crippen LogP contribution in [-0.2, 0) is 12.6 Å². The number of carbonyl (C=O) groups is 1. The lowest BCUT2D eigenvalue weighted by atomic mass is 10.1. The molecule has 0 saturated carbocycles. The van der Waals surface area contributed by atoms with Crippen LogP contribution in [0.5, 0.6) is 0 Å². The zero-order valence-electron chi connectivity index (χ0n) is 16.1. The van der Waals surface area contributed by atoms with E-state index in [1.54, 1.807) is 9.80 Å². The van der Waals surface area contributed by atoms with Gasteiger partial charge in [-0.3, -0.25) is 10.1 Å². The number of hydrogen-bond acceptors (Lipinski definition) is 4. The van der Waals surface area contributed by atoms with E-state index in [2.05, 4.69) is 5.32 Å². The number of hydrogen-bond donors (Lipinski definition) is 1. The second kappa shape index (κ2) is 9.02. The van der Waals surface area contributed by atoms with E-state index in [1.807, 2.05) is 30.3 Å². The van der Waals surface area contributed by atoms with E-state index in [-0.39, 0.29) is 24.8 Å². The van der Waals surface area contributed by atoms with E-state index in [4.69, 9.17) is 0 Å². The van der Waals surface area contributed by atoms with E-state index in [0.29, 0.717) is 32.1 Å². The number of alkyl halides is 3. The molecule has 0 radical (unpaired) electrons. The fourth-order valence-electron chi connectivity index (χ4n) is 3.33. The molecule has 0 spiro atoms. The number of nitro groups is 1. The fraction of sp³-hybridized carbons (Fsp3) is 0.350. The van der Waals surface area contributed by atoms with Crippen LogP contribution >= 0.6 is 0 Å². The predicted molar refractivity (Wildman–Crippen MR) is 105 cm³/mol. The van der Waals surface area contributed by atoms with Gasteiger partial charge in [0.05, 0.1) is 10.5 Å². The van der Waals surface area contributed by atoms with Gasteiger partial charge in [0.1, 0.15) is 5.69 Å². The molecule has 0 atom stereocenters. The van der Waals surface area contributed by atoms with Crippen molar-refractivity contribution in [2.24, 2.45) is 0 Å². The fourth-order valence-corrected chi connectivity index (χ4v) is 3.33. The van der Waals surface area contributed by atoms with Crippen molar-refractivity contribution in [3.05, 3.63) is 69.8 Å². The molecule has 2 amide bonds. The number of anilines is 1. The monoisotopic (exact) mass is 422 g/mol. The zero-order valence-corrected chi connectivity index (χ0v) is 16.1. The Morgan fingerprint density at radius 1 is 1.07 bits per heavy atom. The smallest absolute Gasteiger partial charge is 0.362 e. The lowest BCUT2D eigenvalue weighted by molar-refractivity contribution is -0.384. The van der Waals surface area contributed by atoms with Gasteiger partial charge in [0.2, 0.25) is 0 Å². The molecule has 160 valence electrons. The van der Waals surface area contributed by atoms with Gasteiger partial charge in [-0.2, -0.15) is 13.2 Å². The average molecular weight is 422 g/mol.